The van der Waals surface area contributed by atoms with Crippen LogP contribution in [0.5, 0.6) is 0 Å². The number of carbonyl (C=O) groups is 4. The van der Waals surface area contributed by atoms with E-state index in [4.69, 9.17) is 4.74 Å². The largest absolute Gasteiger partial charge is 0.445 e. The van der Waals surface area contributed by atoms with Gasteiger partial charge in [-0.05, 0) is 37.2 Å². The fourth-order valence-corrected chi connectivity index (χ4v) is 3.30. The second-order valence-corrected chi connectivity index (χ2v) is 7.15. The lowest BCUT2D eigenvalue weighted by Gasteiger charge is -2.19. The van der Waals surface area contributed by atoms with E-state index in [-0.39, 0.29) is 24.7 Å². The first-order chi connectivity index (χ1) is 13.0. The number of nitrogens with one attached hydrogen (secondary N) is 2. The van der Waals surface area contributed by atoms with Gasteiger partial charge >= 0.3 is 6.09 Å². The van der Waals surface area contributed by atoms with E-state index in [9.17, 15) is 19.2 Å². The zero-order chi connectivity index (χ0) is 19.2. The van der Waals surface area contributed by atoms with E-state index < -0.39 is 29.7 Å². The molecule has 1 saturated heterocycles. The molecule has 1 saturated carbocycles. The number of ether oxygens (including phenoxy) is 1. The van der Waals surface area contributed by atoms with Gasteiger partial charge < -0.3 is 15.4 Å². The molecule has 1 aliphatic heterocycles. The van der Waals surface area contributed by atoms with Gasteiger partial charge in [-0.25, -0.2) is 4.79 Å². The van der Waals surface area contributed by atoms with Crippen molar-refractivity contribution in [3.05, 3.63) is 35.9 Å². The Labute approximate surface area is 157 Å². The highest BCUT2D eigenvalue weighted by Gasteiger charge is 2.39. The molecule has 1 heterocycles. The molecular formula is C20H24N2O5. The van der Waals surface area contributed by atoms with Crippen LogP contribution >= 0.6 is 0 Å². The van der Waals surface area contributed by atoms with Crippen molar-refractivity contribution in [3.63, 3.8) is 0 Å². The molecule has 7 heteroatoms. The summed E-state index contributed by atoms with van der Waals surface area (Å²) in [6.45, 7) is 0.574. The van der Waals surface area contributed by atoms with E-state index in [0.717, 1.165) is 18.4 Å². The zero-order valence-corrected chi connectivity index (χ0v) is 15.1. The molecule has 2 unspecified atom stereocenters. The van der Waals surface area contributed by atoms with E-state index in [1.54, 1.807) is 0 Å². The molecule has 0 radical (unpaired) electrons. The number of carbonyl (C=O) groups excluding carboxylic acids is 4. The minimum Gasteiger partial charge on any atom is -0.445 e. The van der Waals surface area contributed by atoms with Gasteiger partial charge in [0.1, 0.15) is 6.61 Å². The summed E-state index contributed by atoms with van der Waals surface area (Å²) in [4.78, 5) is 48.6. The molecule has 0 aromatic heterocycles. The number of benzene rings is 1. The first kappa shape index (κ1) is 19.1. The summed E-state index contributed by atoms with van der Waals surface area (Å²) in [5.74, 6) is -1.90. The van der Waals surface area contributed by atoms with Gasteiger partial charge in [0.2, 0.25) is 5.78 Å². The van der Waals surface area contributed by atoms with Crippen LogP contribution in [0.1, 0.15) is 37.7 Å². The third-order valence-corrected chi connectivity index (χ3v) is 4.98. The average molecular weight is 372 g/mol. The molecule has 1 aliphatic carbocycles. The zero-order valence-electron chi connectivity index (χ0n) is 15.1. The lowest BCUT2D eigenvalue weighted by atomic mass is 9.90. The highest BCUT2D eigenvalue weighted by Crippen LogP contribution is 2.34. The molecule has 0 bridgehead atoms. The van der Waals surface area contributed by atoms with E-state index in [1.807, 2.05) is 30.3 Å². The SMILES string of the molecule is O=C(NC(C(=O)CC1CCCNC(=O)C1=O)C1CC1)OCc1ccccc1. The van der Waals surface area contributed by atoms with Gasteiger partial charge in [0.25, 0.3) is 5.91 Å². The number of Topliss-reactive ketones (excluding diaryl/α,β-unsaturated/α-hetero) is 2. The highest BCUT2D eigenvalue weighted by molar-refractivity contribution is 6.37. The number of alkyl carbamates (subject to hydrolysis) is 1. The molecule has 2 fully saturated rings. The predicted octanol–water partition coefficient (Wildman–Crippen LogP) is 1.75. The van der Waals surface area contributed by atoms with Crippen LogP contribution in [0.2, 0.25) is 0 Å². The Balaban J connectivity index is 1.54. The molecule has 2 aliphatic rings. The average Bonchev–Trinajstić information content (AvgIpc) is 3.52. The minimum atomic E-state index is -0.660. The quantitative estimate of drug-likeness (QED) is 0.710. The third-order valence-electron chi connectivity index (χ3n) is 4.98. The van der Waals surface area contributed by atoms with Crippen LogP contribution in [0.4, 0.5) is 4.79 Å². The number of hydrogen-bond acceptors (Lipinski definition) is 5. The number of amides is 2. The Morgan fingerprint density at radius 3 is 2.59 bits per heavy atom. The Bertz CT molecular complexity index is 714. The second kappa shape index (κ2) is 8.79. The molecule has 2 amide bonds. The molecule has 2 N–H and O–H groups in total. The fourth-order valence-electron chi connectivity index (χ4n) is 3.30. The van der Waals surface area contributed by atoms with Gasteiger partial charge in [0.15, 0.2) is 5.78 Å². The van der Waals surface area contributed by atoms with E-state index in [0.29, 0.717) is 19.4 Å². The van der Waals surface area contributed by atoms with Crippen LogP contribution in [0.15, 0.2) is 30.3 Å². The molecule has 2 atom stereocenters. The summed E-state index contributed by atoms with van der Waals surface area (Å²) in [5, 5.41) is 5.19. The van der Waals surface area contributed by atoms with Crippen molar-refractivity contribution in [1.82, 2.24) is 10.6 Å². The van der Waals surface area contributed by atoms with Crippen LogP contribution in [-0.4, -0.2) is 36.2 Å². The second-order valence-electron chi connectivity index (χ2n) is 7.15. The highest BCUT2D eigenvalue weighted by atomic mass is 16.5. The van der Waals surface area contributed by atoms with E-state index in [2.05, 4.69) is 10.6 Å². The van der Waals surface area contributed by atoms with Gasteiger partial charge in [0, 0.05) is 18.9 Å². The molecule has 7 nitrogen and oxygen atoms in total. The van der Waals surface area contributed by atoms with Crippen molar-refractivity contribution >= 4 is 23.6 Å². The summed E-state index contributed by atoms with van der Waals surface area (Å²) >= 11 is 0. The van der Waals surface area contributed by atoms with Crippen molar-refractivity contribution in [2.45, 2.75) is 44.8 Å². The smallest absolute Gasteiger partial charge is 0.408 e. The normalized spacial score (nSPS) is 21.0. The molecular weight excluding hydrogens is 348 g/mol. The topological polar surface area (TPSA) is 102 Å². The van der Waals surface area contributed by atoms with Crippen molar-refractivity contribution in [3.8, 4) is 0 Å². The standard InChI is InChI=1S/C20H24N2O5/c23-16(11-15-7-4-10-21-19(25)18(15)24)17(14-8-9-14)22-20(26)27-12-13-5-2-1-3-6-13/h1-3,5-6,14-15,17H,4,7-12H2,(H,21,25)(H,22,26). The van der Waals surface area contributed by atoms with Crippen molar-refractivity contribution < 1.29 is 23.9 Å². The van der Waals surface area contributed by atoms with Gasteiger partial charge in [-0.1, -0.05) is 30.3 Å². The van der Waals surface area contributed by atoms with Crippen molar-refractivity contribution in [2.24, 2.45) is 11.8 Å². The maximum absolute atomic E-state index is 12.7. The maximum atomic E-state index is 12.7. The van der Waals surface area contributed by atoms with E-state index >= 15 is 0 Å². The molecule has 27 heavy (non-hydrogen) atoms. The van der Waals surface area contributed by atoms with E-state index in [1.165, 1.54) is 0 Å². The monoisotopic (exact) mass is 372 g/mol. The van der Waals surface area contributed by atoms with Crippen LogP contribution in [0.3, 0.4) is 0 Å². The summed E-state index contributed by atoms with van der Waals surface area (Å²) in [7, 11) is 0. The number of hydrogen-bond donors (Lipinski definition) is 2. The first-order valence-corrected chi connectivity index (χ1v) is 9.36. The van der Waals surface area contributed by atoms with Crippen LogP contribution < -0.4 is 10.6 Å². The van der Waals surface area contributed by atoms with Crippen molar-refractivity contribution in [1.29, 1.82) is 0 Å². The maximum Gasteiger partial charge on any atom is 0.408 e. The van der Waals surface area contributed by atoms with Gasteiger partial charge in [-0.15, -0.1) is 0 Å². The lowest BCUT2D eigenvalue weighted by molar-refractivity contribution is -0.140. The van der Waals surface area contributed by atoms with Crippen molar-refractivity contribution in [2.75, 3.05) is 6.54 Å². The first-order valence-electron chi connectivity index (χ1n) is 9.36. The fraction of sp³-hybridized carbons (Fsp3) is 0.500. The Kier molecular flexibility index (Phi) is 6.21. The number of ketones is 2. The molecule has 1 aromatic carbocycles. The lowest BCUT2D eigenvalue weighted by Crippen LogP contribution is -2.44. The van der Waals surface area contributed by atoms with Gasteiger partial charge in [-0.2, -0.15) is 0 Å². The Morgan fingerprint density at radius 1 is 1.15 bits per heavy atom. The Morgan fingerprint density at radius 2 is 1.89 bits per heavy atom. The summed E-state index contributed by atoms with van der Waals surface area (Å²) in [6, 6.07) is 8.62. The summed E-state index contributed by atoms with van der Waals surface area (Å²) < 4.78 is 5.20. The summed E-state index contributed by atoms with van der Waals surface area (Å²) in [5.41, 5.74) is 0.858. The minimum absolute atomic E-state index is 0.0214. The molecule has 1 aromatic rings. The van der Waals surface area contributed by atoms with Crippen LogP contribution in [0.25, 0.3) is 0 Å². The number of rotatable bonds is 7. The van der Waals surface area contributed by atoms with Gasteiger partial charge in [0.05, 0.1) is 6.04 Å². The summed E-state index contributed by atoms with van der Waals surface area (Å²) in [6.07, 6.45) is 2.21. The Hall–Kier alpha value is -2.70. The van der Waals surface area contributed by atoms with Crippen LogP contribution in [-0.2, 0) is 25.7 Å². The molecule has 0 spiro atoms. The molecule has 144 valence electrons. The predicted molar refractivity (Wildman–Crippen MR) is 96.6 cm³/mol. The third kappa shape index (κ3) is 5.39. The molecule has 3 rings (SSSR count). The van der Waals surface area contributed by atoms with Gasteiger partial charge in [-0.3, -0.25) is 14.4 Å². The van der Waals surface area contributed by atoms with Crippen LogP contribution in [0, 0.1) is 11.8 Å².